The van der Waals surface area contributed by atoms with Crippen LogP contribution in [0.5, 0.6) is 5.75 Å². The number of hydrogen-bond acceptors (Lipinski definition) is 4. The van der Waals surface area contributed by atoms with Gasteiger partial charge in [-0.3, -0.25) is 4.79 Å². The molecule has 0 N–H and O–H groups in total. The van der Waals surface area contributed by atoms with Crippen molar-refractivity contribution in [2.24, 2.45) is 0 Å². The number of carbonyl (C=O) groups excluding carboxylic acids is 1. The first kappa shape index (κ1) is 21.7. The van der Waals surface area contributed by atoms with Gasteiger partial charge in [0.25, 0.3) is 5.91 Å². The smallest absolute Gasteiger partial charge is 0.257 e. The monoisotopic (exact) mass is 424 g/mol. The second-order valence-electron chi connectivity index (χ2n) is 7.17. The minimum atomic E-state index is -0.534. The van der Waals surface area contributed by atoms with Crippen molar-refractivity contribution < 1.29 is 13.9 Å². The fourth-order valence-electron chi connectivity index (χ4n) is 3.09. The van der Waals surface area contributed by atoms with Gasteiger partial charge in [-0.1, -0.05) is 50.3 Å². The summed E-state index contributed by atoms with van der Waals surface area (Å²) in [6, 6.07) is 14.0. The number of carbonyl (C=O) groups is 1. The summed E-state index contributed by atoms with van der Waals surface area (Å²) >= 11 is 1.48. The molecular weight excluding hydrogens is 399 g/mol. The summed E-state index contributed by atoms with van der Waals surface area (Å²) in [7, 11) is 0. The Kier molecular flexibility index (Phi) is 7.36. The van der Waals surface area contributed by atoms with Crippen molar-refractivity contribution in [3.63, 3.8) is 0 Å². The van der Waals surface area contributed by atoms with Crippen LogP contribution in [0.4, 0.5) is 4.39 Å². The van der Waals surface area contributed by atoms with Crippen LogP contribution in [-0.4, -0.2) is 22.3 Å². The molecule has 0 radical (unpaired) electrons. The lowest BCUT2D eigenvalue weighted by atomic mass is 10.0. The molecule has 0 bridgehead atoms. The molecule has 4 nitrogen and oxygen atoms in total. The van der Waals surface area contributed by atoms with E-state index in [1.807, 2.05) is 23.6 Å². The van der Waals surface area contributed by atoms with E-state index in [0.717, 1.165) is 22.0 Å². The third-order valence-electron chi connectivity index (χ3n) is 4.59. The largest absolute Gasteiger partial charge is 0.486 e. The van der Waals surface area contributed by atoms with E-state index in [9.17, 15) is 9.18 Å². The number of thiazole rings is 1. The number of hydrogen-bond donors (Lipinski definition) is 0. The first-order chi connectivity index (χ1) is 14.5. The Morgan fingerprint density at radius 2 is 1.97 bits per heavy atom. The Morgan fingerprint density at radius 3 is 2.70 bits per heavy atom. The van der Waals surface area contributed by atoms with Gasteiger partial charge < -0.3 is 9.64 Å². The molecule has 6 heteroatoms. The van der Waals surface area contributed by atoms with Crippen molar-refractivity contribution in [3.8, 4) is 5.75 Å². The number of benzene rings is 2. The maximum Gasteiger partial charge on any atom is 0.257 e. The lowest BCUT2D eigenvalue weighted by molar-refractivity contribution is 0.0756. The summed E-state index contributed by atoms with van der Waals surface area (Å²) in [5.41, 5.74) is 1.94. The van der Waals surface area contributed by atoms with Crippen LogP contribution in [0.1, 0.15) is 46.4 Å². The SMILES string of the molecule is C=CCN(Cc1csc(COc2ccccc2C(C)C)n1)C(=O)c1ccccc1F. The van der Waals surface area contributed by atoms with Gasteiger partial charge in [0.2, 0.25) is 0 Å². The first-order valence-corrected chi connectivity index (χ1v) is 10.7. The van der Waals surface area contributed by atoms with E-state index in [2.05, 4.69) is 31.5 Å². The molecule has 156 valence electrons. The third-order valence-corrected chi connectivity index (χ3v) is 5.46. The van der Waals surface area contributed by atoms with Crippen molar-refractivity contribution in [2.75, 3.05) is 6.54 Å². The van der Waals surface area contributed by atoms with Gasteiger partial charge in [-0.15, -0.1) is 17.9 Å². The molecule has 0 fully saturated rings. The van der Waals surface area contributed by atoms with E-state index >= 15 is 0 Å². The zero-order valence-electron chi connectivity index (χ0n) is 17.2. The molecule has 0 saturated carbocycles. The molecule has 3 rings (SSSR count). The Balaban J connectivity index is 1.68. The standard InChI is InChI=1S/C24H25FN2O2S/c1-4-13-27(24(28)20-10-5-7-11-21(20)25)14-18-16-30-23(26-18)15-29-22-12-8-6-9-19(22)17(2)3/h4-12,16-17H,1,13-15H2,2-3H3. The molecule has 3 aromatic rings. The van der Waals surface area contributed by atoms with Gasteiger partial charge >= 0.3 is 0 Å². The van der Waals surface area contributed by atoms with Crippen molar-refractivity contribution in [1.29, 1.82) is 0 Å². The average molecular weight is 425 g/mol. The quantitative estimate of drug-likeness (QED) is 0.407. The Morgan fingerprint density at radius 1 is 1.23 bits per heavy atom. The van der Waals surface area contributed by atoms with Crippen LogP contribution in [-0.2, 0) is 13.2 Å². The average Bonchev–Trinajstić information content (AvgIpc) is 3.19. The Labute approximate surface area is 180 Å². The summed E-state index contributed by atoms with van der Waals surface area (Å²) in [6.45, 7) is 8.90. The van der Waals surface area contributed by atoms with E-state index in [1.54, 1.807) is 18.2 Å². The second kappa shape index (κ2) is 10.2. The molecule has 0 aliphatic carbocycles. The van der Waals surface area contributed by atoms with Gasteiger partial charge in [0.15, 0.2) is 0 Å². The van der Waals surface area contributed by atoms with Gasteiger partial charge in [-0.05, 0) is 29.7 Å². The maximum absolute atomic E-state index is 14.0. The number of nitrogens with zero attached hydrogens (tertiary/aromatic N) is 2. The summed E-state index contributed by atoms with van der Waals surface area (Å²) < 4.78 is 20.0. The molecule has 30 heavy (non-hydrogen) atoms. The Bertz CT molecular complexity index is 1020. The Hall–Kier alpha value is -2.99. The minimum Gasteiger partial charge on any atom is -0.486 e. The molecule has 0 spiro atoms. The van der Waals surface area contributed by atoms with Crippen LogP contribution in [0.2, 0.25) is 0 Å². The predicted octanol–water partition coefficient (Wildman–Crippen LogP) is 5.81. The molecule has 1 heterocycles. The topological polar surface area (TPSA) is 42.4 Å². The highest BCUT2D eigenvalue weighted by Crippen LogP contribution is 2.27. The van der Waals surface area contributed by atoms with Crippen LogP contribution in [0, 0.1) is 5.82 Å². The van der Waals surface area contributed by atoms with Crippen LogP contribution in [0.25, 0.3) is 0 Å². The number of ether oxygens (including phenoxy) is 1. The van der Waals surface area contributed by atoms with Gasteiger partial charge in [0.05, 0.1) is 17.8 Å². The number of halogens is 1. The number of para-hydroxylation sites is 1. The molecule has 0 unspecified atom stereocenters. The first-order valence-electron chi connectivity index (χ1n) is 9.79. The van der Waals surface area contributed by atoms with Crippen LogP contribution in [0.15, 0.2) is 66.6 Å². The lowest BCUT2D eigenvalue weighted by Gasteiger charge is -2.20. The fraction of sp³-hybridized carbons (Fsp3) is 0.250. The summed E-state index contributed by atoms with van der Waals surface area (Å²) in [5.74, 6) is 0.301. The second-order valence-corrected chi connectivity index (χ2v) is 8.11. The third kappa shape index (κ3) is 5.33. The van der Waals surface area contributed by atoms with Gasteiger partial charge in [-0.25, -0.2) is 9.37 Å². The molecule has 2 aromatic carbocycles. The van der Waals surface area contributed by atoms with Crippen molar-refractivity contribution in [3.05, 3.63) is 94.2 Å². The van der Waals surface area contributed by atoms with Crippen molar-refractivity contribution in [2.45, 2.75) is 32.9 Å². The summed E-state index contributed by atoms with van der Waals surface area (Å²) in [6.07, 6.45) is 1.62. The minimum absolute atomic E-state index is 0.0448. The summed E-state index contributed by atoms with van der Waals surface area (Å²) in [5, 5.41) is 2.72. The van der Waals surface area contributed by atoms with Crippen LogP contribution >= 0.6 is 11.3 Å². The van der Waals surface area contributed by atoms with Gasteiger partial charge in [0.1, 0.15) is 23.2 Å². The number of rotatable bonds is 9. The number of amides is 1. The van der Waals surface area contributed by atoms with Crippen molar-refractivity contribution in [1.82, 2.24) is 9.88 Å². The summed E-state index contributed by atoms with van der Waals surface area (Å²) in [4.78, 5) is 18.9. The lowest BCUT2D eigenvalue weighted by Crippen LogP contribution is -2.31. The highest BCUT2D eigenvalue weighted by molar-refractivity contribution is 7.09. The molecule has 0 aliphatic heterocycles. The van der Waals surface area contributed by atoms with Gasteiger partial charge in [-0.2, -0.15) is 0 Å². The normalized spacial score (nSPS) is 10.8. The molecule has 1 amide bonds. The van der Waals surface area contributed by atoms with Crippen molar-refractivity contribution >= 4 is 17.2 Å². The van der Waals surface area contributed by atoms with E-state index in [1.165, 1.54) is 28.4 Å². The molecule has 0 aliphatic rings. The van der Waals surface area contributed by atoms with E-state index < -0.39 is 5.82 Å². The van der Waals surface area contributed by atoms with E-state index in [4.69, 9.17) is 4.74 Å². The predicted molar refractivity (Wildman–Crippen MR) is 118 cm³/mol. The highest BCUT2D eigenvalue weighted by atomic mass is 32.1. The van der Waals surface area contributed by atoms with E-state index in [0.29, 0.717) is 19.1 Å². The zero-order valence-corrected chi connectivity index (χ0v) is 18.0. The highest BCUT2D eigenvalue weighted by Gasteiger charge is 2.19. The maximum atomic E-state index is 14.0. The zero-order chi connectivity index (χ0) is 21.5. The van der Waals surface area contributed by atoms with Crippen LogP contribution < -0.4 is 4.74 Å². The van der Waals surface area contributed by atoms with Gasteiger partial charge in [0, 0.05) is 11.9 Å². The number of aromatic nitrogens is 1. The van der Waals surface area contributed by atoms with E-state index in [-0.39, 0.29) is 18.0 Å². The molecule has 1 aromatic heterocycles. The van der Waals surface area contributed by atoms with Crippen LogP contribution in [0.3, 0.4) is 0 Å². The molecular formula is C24H25FN2O2S. The molecule has 0 saturated heterocycles. The fourth-order valence-corrected chi connectivity index (χ4v) is 3.79. The molecule has 0 atom stereocenters.